The highest BCUT2D eigenvalue weighted by Gasteiger charge is 2.43. The van der Waals surface area contributed by atoms with Crippen LogP contribution in [0, 0.1) is 41.4 Å². The van der Waals surface area contributed by atoms with Gasteiger partial charge in [-0.2, -0.15) is 0 Å². The molecule has 12 unspecified atom stereocenters. The Balaban J connectivity index is 1.54. The minimum atomic E-state index is -0.199. The van der Waals surface area contributed by atoms with Gasteiger partial charge in [-0.25, -0.2) is 0 Å². The van der Waals surface area contributed by atoms with Crippen LogP contribution in [0.1, 0.15) is 55.4 Å². The monoisotopic (exact) mass is 398 g/mol. The first-order chi connectivity index (χ1) is 13.2. The lowest BCUT2D eigenvalue weighted by Crippen LogP contribution is -2.52. The molecule has 0 aliphatic carbocycles. The molecule has 0 aromatic carbocycles. The van der Waals surface area contributed by atoms with Crippen LogP contribution < -0.4 is 0 Å². The van der Waals surface area contributed by atoms with Crippen LogP contribution in [-0.2, 0) is 23.7 Å². The zero-order chi connectivity index (χ0) is 20.6. The van der Waals surface area contributed by atoms with Crippen LogP contribution in [0.3, 0.4) is 0 Å². The summed E-state index contributed by atoms with van der Waals surface area (Å²) in [5.74, 6) is 3.13. The second kappa shape index (κ2) is 9.30. The Morgan fingerprint density at radius 3 is 1.57 bits per heavy atom. The van der Waals surface area contributed by atoms with E-state index in [4.69, 9.17) is 23.7 Å². The number of ether oxygens (including phenoxy) is 5. The molecule has 0 N–H and O–H groups in total. The highest BCUT2D eigenvalue weighted by molar-refractivity contribution is 4.85. The first-order valence-corrected chi connectivity index (χ1v) is 11.4. The fraction of sp³-hybridized carbons (Fsp3) is 1.00. The molecule has 3 aliphatic heterocycles. The zero-order valence-electron chi connectivity index (χ0n) is 19.1. The number of hydrogen-bond acceptors (Lipinski definition) is 5. The molecule has 0 amide bonds. The van der Waals surface area contributed by atoms with Crippen LogP contribution in [0.4, 0.5) is 0 Å². The summed E-state index contributed by atoms with van der Waals surface area (Å²) in [7, 11) is 0. The molecule has 0 spiro atoms. The van der Waals surface area contributed by atoms with Crippen molar-refractivity contribution in [2.45, 2.75) is 86.3 Å². The van der Waals surface area contributed by atoms with E-state index in [1.54, 1.807) is 0 Å². The van der Waals surface area contributed by atoms with Crippen molar-refractivity contribution in [3.05, 3.63) is 0 Å². The van der Waals surface area contributed by atoms with Crippen molar-refractivity contribution in [1.29, 1.82) is 0 Å². The lowest BCUT2D eigenvalue weighted by Gasteiger charge is -2.46. The first-order valence-electron chi connectivity index (χ1n) is 11.4. The minimum Gasteiger partial charge on any atom is -0.376 e. The lowest BCUT2D eigenvalue weighted by molar-refractivity contribution is -0.306. The molecule has 0 radical (unpaired) electrons. The Labute approximate surface area is 171 Å². The van der Waals surface area contributed by atoms with E-state index in [1.165, 1.54) is 0 Å². The summed E-state index contributed by atoms with van der Waals surface area (Å²) in [5, 5.41) is 0. The molecule has 12 atom stereocenters. The second-order valence-electron chi connectivity index (χ2n) is 9.92. The van der Waals surface area contributed by atoms with Gasteiger partial charge in [0.05, 0.1) is 38.1 Å². The van der Waals surface area contributed by atoms with Gasteiger partial charge in [-0.1, -0.05) is 48.5 Å². The van der Waals surface area contributed by atoms with E-state index in [1.807, 2.05) is 0 Å². The van der Waals surface area contributed by atoms with Crippen molar-refractivity contribution in [2.24, 2.45) is 41.4 Å². The van der Waals surface area contributed by atoms with Gasteiger partial charge in [0.15, 0.2) is 12.6 Å². The fourth-order valence-corrected chi connectivity index (χ4v) is 4.71. The number of hydrogen-bond donors (Lipinski definition) is 0. The molecule has 0 aromatic rings. The van der Waals surface area contributed by atoms with E-state index in [0.29, 0.717) is 54.8 Å². The Kier molecular flexibility index (Phi) is 7.47. The smallest absolute Gasteiger partial charge is 0.161 e. The molecule has 0 bridgehead atoms. The molecule has 164 valence electrons. The molecular formula is C23H42O5. The van der Waals surface area contributed by atoms with E-state index >= 15 is 0 Å². The van der Waals surface area contributed by atoms with Crippen LogP contribution in [0.25, 0.3) is 0 Å². The van der Waals surface area contributed by atoms with Gasteiger partial charge in [-0.15, -0.1) is 0 Å². The molecule has 3 fully saturated rings. The van der Waals surface area contributed by atoms with Crippen molar-refractivity contribution in [3.8, 4) is 0 Å². The predicted octanol–water partition coefficient (Wildman–Crippen LogP) is 4.34. The van der Waals surface area contributed by atoms with Gasteiger partial charge in [-0.3, -0.25) is 0 Å². The SMILES string of the molecule is CC1COC(OC2COC(OC3COC(C)C(C)C3C)C(C)C2C)C(C)C1C. The Morgan fingerprint density at radius 1 is 0.500 bits per heavy atom. The summed E-state index contributed by atoms with van der Waals surface area (Å²) in [5.41, 5.74) is 0. The minimum absolute atomic E-state index is 0.0434. The number of rotatable bonds is 4. The van der Waals surface area contributed by atoms with E-state index in [2.05, 4.69) is 55.4 Å². The van der Waals surface area contributed by atoms with Gasteiger partial charge in [0.2, 0.25) is 0 Å². The van der Waals surface area contributed by atoms with E-state index < -0.39 is 0 Å². The van der Waals surface area contributed by atoms with Crippen LogP contribution in [-0.4, -0.2) is 50.7 Å². The molecule has 3 rings (SSSR count). The van der Waals surface area contributed by atoms with Gasteiger partial charge in [0.25, 0.3) is 0 Å². The zero-order valence-corrected chi connectivity index (χ0v) is 19.1. The lowest BCUT2D eigenvalue weighted by atomic mass is 9.82. The van der Waals surface area contributed by atoms with Crippen molar-refractivity contribution in [1.82, 2.24) is 0 Å². The summed E-state index contributed by atoms with van der Waals surface area (Å²) in [4.78, 5) is 0. The third kappa shape index (κ3) is 4.59. The second-order valence-corrected chi connectivity index (χ2v) is 9.92. The van der Waals surface area contributed by atoms with Gasteiger partial charge < -0.3 is 23.7 Å². The highest BCUT2D eigenvalue weighted by atomic mass is 16.7. The standard InChI is InChI=1S/C23H42O5/c1-12-9-25-22(17(6)13(12)2)28-21-11-26-23(18(7)16(21)5)27-20-10-24-19(8)14(3)15(20)4/h12-23H,9-11H2,1-8H3. The largest absolute Gasteiger partial charge is 0.376 e. The van der Waals surface area contributed by atoms with Crippen molar-refractivity contribution in [2.75, 3.05) is 19.8 Å². The third-order valence-electron chi connectivity index (χ3n) is 8.25. The Bertz CT molecular complexity index is 455. The summed E-state index contributed by atoms with van der Waals surface area (Å²) in [6.45, 7) is 19.9. The van der Waals surface area contributed by atoms with Crippen molar-refractivity contribution >= 4 is 0 Å². The molecule has 0 saturated carbocycles. The Hall–Kier alpha value is -0.200. The van der Waals surface area contributed by atoms with Crippen LogP contribution >= 0.6 is 0 Å². The van der Waals surface area contributed by atoms with Gasteiger partial charge in [0, 0.05) is 11.8 Å². The maximum absolute atomic E-state index is 6.41. The Morgan fingerprint density at radius 2 is 0.964 bits per heavy atom. The maximum Gasteiger partial charge on any atom is 0.161 e. The van der Waals surface area contributed by atoms with Crippen LogP contribution in [0.2, 0.25) is 0 Å². The van der Waals surface area contributed by atoms with E-state index in [9.17, 15) is 0 Å². The normalized spacial score (nSPS) is 53.1. The van der Waals surface area contributed by atoms with Crippen molar-refractivity contribution < 1.29 is 23.7 Å². The van der Waals surface area contributed by atoms with Gasteiger partial charge >= 0.3 is 0 Å². The van der Waals surface area contributed by atoms with Crippen molar-refractivity contribution in [3.63, 3.8) is 0 Å². The van der Waals surface area contributed by atoms with E-state index in [-0.39, 0.29) is 30.7 Å². The fourth-order valence-electron chi connectivity index (χ4n) is 4.71. The van der Waals surface area contributed by atoms with Gasteiger partial charge in [-0.05, 0) is 36.5 Å². The van der Waals surface area contributed by atoms with E-state index in [0.717, 1.165) is 6.61 Å². The summed E-state index contributed by atoms with van der Waals surface area (Å²) in [6.07, 6.45) is 0.0873. The van der Waals surface area contributed by atoms with Crippen LogP contribution in [0.5, 0.6) is 0 Å². The first kappa shape index (κ1) is 22.5. The topological polar surface area (TPSA) is 46.2 Å². The molecule has 3 saturated heterocycles. The maximum atomic E-state index is 6.41. The summed E-state index contributed by atoms with van der Waals surface area (Å²) >= 11 is 0. The van der Waals surface area contributed by atoms with Gasteiger partial charge in [0.1, 0.15) is 0 Å². The molecule has 0 aromatic heterocycles. The summed E-state index contributed by atoms with van der Waals surface area (Å²) in [6, 6.07) is 0. The average Bonchev–Trinajstić information content (AvgIpc) is 2.68. The molecule has 28 heavy (non-hydrogen) atoms. The highest BCUT2D eigenvalue weighted by Crippen LogP contribution is 2.37. The quantitative estimate of drug-likeness (QED) is 0.705. The summed E-state index contributed by atoms with van der Waals surface area (Å²) < 4.78 is 30.9. The van der Waals surface area contributed by atoms with Crippen LogP contribution in [0.15, 0.2) is 0 Å². The average molecular weight is 399 g/mol. The molecule has 3 aliphatic rings. The molecule has 5 heteroatoms. The molecular weight excluding hydrogens is 356 g/mol. The predicted molar refractivity (Wildman–Crippen MR) is 109 cm³/mol. The molecule has 3 heterocycles. The third-order valence-corrected chi connectivity index (χ3v) is 8.25. The molecule has 5 nitrogen and oxygen atoms in total.